The van der Waals surface area contributed by atoms with E-state index in [-0.39, 0.29) is 5.91 Å². The summed E-state index contributed by atoms with van der Waals surface area (Å²) in [5.74, 6) is -0.638. The van der Waals surface area contributed by atoms with Crippen molar-refractivity contribution < 1.29 is 14.3 Å². The van der Waals surface area contributed by atoms with Gasteiger partial charge in [0, 0.05) is 13.5 Å². The number of hydrogen-bond donors (Lipinski definition) is 1. The van der Waals surface area contributed by atoms with Crippen molar-refractivity contribution >= 4 is 11.9 Å². The van der Waals surface area contributed by atoms with Crippen LogP contribution in [0.3, 0.4) is 0 Å². The van der Waals surface area contributed by atoms with Gasteiger partial charge >= 0.3 is 5.97 Å². The summed E-state index contributed by atoms with van der Waals surface area (Å²) in [6, 6.07) is 0. The average molecular weight is 243 g/mol. The molecule has 0 aliphatic heterocycles. The summed E-state index contributed by atoms with van der Waals surface area (Å²) in [6.07, 6.45) is 6.47. The summed E-state index contributed by atoms with van der Waals surface area (Å²) >= 11 is 0. The van der Waals surface area contributed by atoms with E-state index in [1.54, 1.807) is 6.92 Å². The van der Waals surface area contributed by atoms with Gasteiger partial charge in [0.25, 0.3) is 5.91 Å². The number of nitrogens with one attached hydrogen (secondary N) is 1. The van der Waals surface area contributed by atoms with Crippen LogP contribution in [-0.2, 0) is 14.3 Å². The fraction of sp³-hybridized carbons (Fsp3) is 0.846. The van der Waals surface area contributed by atoms with Crippen LogP contribution in [0.25, 0.3) is 0 Å². The molecule has 0 aromatic heterocycles. The Labute approximate surface area is 104 Å². The van der Waals surface area contributed by atoms with E-state index in [0.29, 0.717) is 6.54 Å². The van der Waals surface area contributed by atoms with Crippen molar-refractivity contribution in [1.82, 2.24) is 5.32 Å². The number of unbranched alkanes of at least 4 members (excludes halogenated alkanes) is 5. The van der Waals surface area contributed by atoms with E-state index in [1.165, 1.54) is 32.6 Å². The Bertz CT molecular complexity index is 229. The predicted molar refractivity (Wildman–Crippen MR) is 67.6 cm³/mol. The van der Waals surface area contributed by atoms with Gasteiger partial charge in [-0.1, -0.05) is 39.0 Å². The van der Waals surface area contributed by atoms with Gasteiger partial charge < -0.3 is 10.1 Å². The average Bonchev–Trinajstić information content (AvgIpc) is 2.26. The Balaban J connectivity index is 3.41. The number of ether oxygens (including phenoxy) is 1. The van der Waals surface area contributed by atoms with Gasteiger partial charge in [-0.25, -0.2) is 0 Å². The van der Waals surface area contributed by atoms with Crippen LogP contribution in [0.4, 0.5) is 0 Å². The van der Waals surface area contributed by atoms with E-state index in [9.17, 15) is 9.59 Å². The normalized spacial score (nSPS) is 11.9. The summed E-state index contributed by atoms with van der Waals surface area (Å²) in [4.78, 5) is 22.1. The van der Waals surface area contributed by atoms with E-state index < -0.39 is 12.1 Å². The smallest absolute Gasteiger partial charge is 0.303 e. The van der Waals surface area contributed by atoms with Crippen molar-refractivity contribution in [2.45, 2.75) is 65.4 Å². The van der Waals surface area contributed by atoms with Crippen molar-refractivity contribution in [3.05, 3.63) is 0 Å². The van der Waals surface area contributed by atoms with Crippen LogP contribution in [0.1, 0.15) is 59.3 Å². The zero-order valence-electron chi connectivity index (χ0n) is 11.3. The maximum Gasteiger partial charge on any atom is 0.303 e. The lowest BCUT2D eigenvalue weighted by molar-refractivity contribution is -0.152. The summed E-state index contributed by atoms with van der Waals surface area (Å²) in [6.45, 7) is 5.74. The first-order valence-electron chi connectivity index (χ1n) is 6.52. The van der Waals surface area contributed by atoms with Gasteiger partial charge in [-0.2, -0.15) is 0 Å². The van der Waals surface area contributed by atoms with Crippen LogP contribution in [0.15, 0.2) is 0 Å². The number of hydrogen-bond acceptors (Lipinski definition) is 3. The lowest BCUT2D eigenvalue weighted by Crippen LogP contribution is -2.35. The van der Waals surface area contributed by atoms with Gasteiger partial charge in [-0.3, -0.25) is 9.59 Å². The second-order valence-electron chi connectivity index (χ2n) is 4.31. The Morgan fingerprint density at radius 3 is 2.29 bits per heavy atom. The summed E-state index contributed by atoms with van der Waals surface area (Å²) in [5.41, 5.74) is 0. The molecule has 0 rings (SSSR count). The second kappa shape index (κ2) is 10.1. The molecule has 0 aliphatic rings. The topological polar surface area (TPSA) is 55.4 Å². The molecular weight excluding hydrogens is 218 g/mol. The highest BCUT2D eigenvalue weighted by Gasteiger charge is 2.14. The van der Waals surface area contributed by atoms with E-state index in [2.05, 4.69) is 12.2 Å². The zero-order valence-corrected chi connectivity index (χ0v) is 11.3. The molecule has 0 radical (unpaired) electrons. The fourth-order valence-electron chi connectivity index (χ4n) is 1.56. The fourth-order valence-corrected chi connectivity index (χ4v) is 1.56. The molecule has 1 unspecified atom stereocenters. The molecule has 1 atom stereocenters. The third-order valence-electron chi connectivity index (χ3n) is 2.54. The van der Waals surface area contributed by atoms with Crippen LogP contribution < -0.4 is 5.32 Å². The molecule has 1 amide bonds. The lowest BCUT2D eigenvalue weighted by atomic mass is 10.1. The number of carbonyl (C=O) groups is 2. The molecule has 0 spiro atoms. The summed E-state index contributed by atoms with van der Waals surface area (Å²) in [5, 5.41) is 2.76. The van der Waals surface area contributed by atoms with E-state index in [0.717, 1.165) is 12.8 Å². The van der Waals surface area contributed by atoms with E-state index in [1.807, 2.05) is 0 Å². The number of rotatable bonds is 9. The van der Waals surface area contributed by atoms with Gasteiger partial charge in [0.2, 0.25) is 0 Å². The summed E-state index contributed by atoms with van der Waals surface area (Å²) in [7, 11) is 0. The highest BCUT2D eigenvalue weighted by molar-refractivity contribution is 5.82. The molecular formula is C13H25NO3. The zero-order chi connectivity index (χ0) is 13.1. The Kier molecular flexibility index (Phi) is 9.49. The second-order valence-corrected chi connectivity index (χ2v) is 4.31. The van der Waals surface area contributed by atoms with Crippen LogP contribution in [0.5, 0.6) is 0 Å². The molecule has 0 bridgehead atoms. The molecule has 100 valence electrons. The third-order valence-corrected chi connectivity index (χ3v) is 2.54. The van der Waals surface area contributed by atoms with Crippen molar-refractivity contribution in [1.29, 1.82) is 0 Å². The van der Waals surface area contributed by atoms with Crippen molar-refractivity contribution in [2.75, 3.05) is 6.54 Å². The highest BCUT2D eigenvalue weighted by atomic mass is 16.5. The predicted octanol–water partition coefficient (Wildman–Crippen LogP) is 2.41. The molecule has 4 nitrogen and oxygen atoms in total. The molecule has 0 aliphatic carbocycles. The molecule has 17 heavy (non-hydrogen) atoms. The first-order chi connectivity index (χ1) is 8.07. The molecule has 0 saturated carbocycles. The van der Waals surface area contributed by atoms with Gasteiger partial charge in [0.1, 0.15) is 0 Å². The van der Waals surface area contributed by atoms with Crippen LogP contribution >= 0.6 is 0 Å². The van der Waals surface area contributed by atoms with Crippen molar-refractivity contribution in [3.8, 4) is 0 Å². The van der Waals surface area contributed by atoms with E-state index in [4.69, 9.17) is 4.74 Å². The maximum atomic E-state index is 11.4. The van der Waals surface area contributed by atoms with Gasteiger partial charge in [0.05, 0.1) is 0 Å². The molecule has 0 saturated heterocycles. The lowest BCUT2D eigenvalue weighted by Gasteiger charge is -2.11. The van der Waals surface area contributed by atoms with Gasteiger partial charge in [-0.15, -0.1) is 0 Å². The maximum absolute atomic E-state index is 11.4. The largest absolute Gasteiger partial charge is 0.453 e. The highest BCUT2D eigenvalue weighted by Crippen LogP contribution is 2.04. The van der Waals surface area contributed by atoms with Gasteiger partial charge in [0.15, 0.2) is 6.10 Å². The van der Waals surface area contributed by atoms with Gasteiger partial charge in [-0.05, 0) is 13.3 Å². The molecule has 1 N–H and O–H groups in total. The monoisotopic (exact) mass is 243 g/mol. The quantitative estimate of drug-likeness (QED) is 0.500. The number of esters is 1. The minimum Gasteiger partial charge on any atom is -0.453 e. The summed E-state index contributed by atoms with van der Waals surface area (Å²) < 4.78 is 4.77. The number of amides is 1. The standard InChI is InChI=1S/C13H25NO3/c1-4-5-6-7-8-9-10-14-13(16)11(2)17-12(3)15/h11H,4-10H2,1-3H3,(H,14,16). The first kappa shape index (κ1) is 15.9. The number of carbonyl (C=O) groups excluding carboxylic acids is 2. The molecule has 4 heteroatoms. The Hall–Kier alpha value is -1.06. The van der Waals surface area contributed by atoms with Crippen molar-refractivity contribution in [2.24, 2.45) is 0 Å². The van der Waals surface area contributed by atoms with Crippen LogP contribution in [-0.4, -0.2) is 24.5 Å². The molecule has 0 aromatic carbocycles. The SMILES string of the molecule is CCCCCCCCNC(=O)C(C)OC(C)=O. The first-order valence-corrected chi connectivity index (χ1v) is 6.52. The molecule has 0 fully saturated rings. The van der Waals surface area contributed by atoms with Crippen LogP contribution in [0, 0.1) is 0 Å². The minimum absolute atomic E-state index is 0.214. The Morgan fingerprint density at radius 1 is 1.12 bits per heavy atom. The van der Waals surface area contributed by atoms with Crippen LogP contribution in [0.2, 0.25) is 0 Å². The molecule has 0 heterocycles. The molecule has 0 aromatic rings. The Morgan fingerprint density at radius 2 is 1.71 bits per heavy atom. The van der Waals surface area contributed by atoms with E-state index >= 15 is 0 Å². The minimum atomic E-state index is -0.687. The van der Waals surface area contributed by atoms with Crippen molar-refractivity contribution in [3.63, 3.8) is 0 Å². The third kappa shape index (κ3) is 9.85.